The van der Waals surface area contributed by atoms with Crippen LogP contribution in [0.2, 0.25) is 0 Å². The van der Waals surface area contributed by atoms with E-state index in [1.54, 1.807) is 0 Å². The van der Waals surface area contributed by atoms with Crippen LogP contribution in [0.5, 0.6) is 5.75 Å². The number of fused-ring (bicyclic) bond motifs is 1. The monoisotopic (exact) mass is 361 g/mol. The van der Waals surface area contributed by atoms with Gasteiger partial charge in [0.15, 0.2) is 0 Å². The van der Waals surface area contributed by atoms with Crippen molar-refractivity contribution in [1.29, 1.82) is 0 Å². The van der Waals surface area contributed by atoms with E-state index in [9.17, 15) is 4.79 Å². The number of amides is 1. The highest BCUT2D eigenvalue weighted by atomic mass is 16.5. The maximum atomic E-state index is 12.6. The Bertz CT molecular complexity index is 591. The fourth-order valence-corrected chi connectivity index (χ4v) is 3.71. The van der Waals surface area contributed by atoms with E-state index in [1.807, 2.05) is 6.07 Å². The van der Waals surface area contributed by atoms with Gasteiger partial charge < -0.3 is 15.8 Å². The van der Waals surface area contributed by atoms with Gasteiger partial charge in [0.25, 0.3) is 5.91 Å². The van der Waals surface area contributed by atoms with Crippen LogP contribution in [-0.4, -0.2) is 49.1 Å². The molecule has 1 aliphatic carbocycles. The van der Waals surface area contributed by atoms with Crippen LogP contribution >= 0.6 is 0 Å². The van der Waals surface area contributed by atoms with Crippen molar-refractivity contribution in [3.8, 4) is 5.75 Å². The smallest absolute Gasteiger partial charge is 0.255 e. The number of nitrogens with zero attached hydrogens (tertiary/aromatic N) is 1. The molecule has 0 heterocycles. The van der Waals surface area contributed by atoms with Gasteiger partial charge in [0, 0.05) is 31.7 Å². The third-order valence-corrected chi connectivity index (χ3v) is 5.05. The molecule has 0 saturated carbocycles. The highest BCUT2D eigenvalue weighted by molar-refractivity contribution is 5.97. The summed E-state index contributed by atoms with van der Waals surface area (Å²) >= 11 is 0. The van der Waals surface area contributed by atoms with Crippen molar-refractivity contribution in [2.24, 2.45) is 5.73 Å². The summed E-state index contributed by atoms with van der Waals surface area (Å²) in [6.07, 6.45) is 4.51. The second-order valence-corrected chi connectivity index (χ2v) is 7.64. The second-order valence-electron chi connectivity index (χ2n) is 7.64. The van der Waals surface area contributed by atoms with Gasteiger partial charge in [-0.25, -0.2) is 0 Å². The Morgan fingerprint density at radius 2 is 1.77 bits per heavy atom. The lowest BCUT2D eigenvalue weighted by atomic mass is 9.90. The number of hydrogen-bond donors (Lipinski definition) is 2. The Balaban J connectivity index is 2.15. The maximum Gasteiger partial charge on any atom is 0.255 e. The first kappa shape index (κ1) is 20.7. The molecule has 3 N–H and O–H groups in total. The summed E-state index contributed by atoms with van der Waals surface area (Å²) in [6.45, 7) is 11.1. The van der Waals surface area contributed by atoms with Gasteiger partial charge in [-0.1, -0.05) is 0 Å². The average Bonchev–Trinajstić information content (AvgIpc) is 2.61. The first-order chi connectivity index (χ1) is 12.4. The summed E-state index contributed by atoms with van der Waals surface area (Å²) < 4.78 is 6.10. The lowest BCUT2D eigenvalue weighted by Gasteiger charge is -2.30. The van der Waals surface area contributed by atoms with Gasteiger partial charge in [-0.05, 0) is 76.6 Å². The third-order valence-electron chi connectivity index (χ3n) is 5.05. The largest absolute Gasteiger partial charge is 0.491 e. The first-order valence-corrected chi connectivity index (χ1v) is 9.96. The van der Waals surface area contributed by atoms with E-state index >= 15 is 0 Å². The first-order valence-electron chi connectivity index (χ1n) is 9.96. The highest BCUT2D eigenvalue weighted by Crippen LogP contribution is 2.29. The zero-order valence-electron chi connectivity index (χ0n) is 16.8. The van der Waals surface area contributed by atoms with E-state index < -0.39 is 0 Å². The average molecular weight is 362 g/mol. The number of rotatable bonds is 9. The summed E-state index contributed by atoms with van der Waals surface area (Å²) in [5, 5.41) is 2.88. The Morgan fingerprint density at radius 3 is 2.35 bits per heavy atom. The fourth-order valence-electron chi connectivity index (χ4n) is 3.71. The van der Waals surface area contributed by atoms with Crippen LogP contribution in [0, 0.1) is 0 Å². The Morgan fingerprint density at radius 1 is 1.15 bits per heavy atom. The van der Waals surface area contributed by atoms with Gasteiger partial charge in [-0.2, -0.15) is 0 Å². The standard InChI is InChI=1S/C21H35N3O2/c1-15(2)24(16(3)4)11-12-26-20-14-18-8-6-5-7-17(18)13-19(20)21(25)23-10-9-22/h13-16H,5-12,22H2,1-4H3,(H,23,25). The van der Waals surface area contributed by atoms with Crippen molar-refractivity contribution in [3.05, 3.63) is 28.8 Å². The normalized spacial score (nSPS) is 14.0. The molecule has 0 aliphatic heterocycles. The molecule has 1 aliphatic rings. The van der Waals surface area contributed by atoms with Gasteiger partial charge in [0.05, 0.1) is 5.56 Å². The van der Waals surface area contributed by atoms with E-state index in [1.165, 1.54) is 24.0 Å². The van der Waals surface area contributed by atoms with Crippen molar-refractivity contribution in [2.75, 3.05) is 26.2 Å². The molecule has 0 unspecified atom stereocenters. The van der Waals surface area contributed by atoms with Crippen molar-refractivity contribution >= 4 is 5.91 Å². The molecule has 0 radical (unpaired) electrons. The van der Waals surface area contributed by atoms with E-state index in [0.717, 1.165) is 19.4 Å². The Labute approximate surface area is 158 Å². The van der Waals surface area contributed by atoms with Gasteiger partial charge in [-0.15, -0.1) is 0 Å². The number of nitrogens with two attached hydrogens (primary N) is 1. The molecule has 0 aromatic heterocycles. The van der Waals surface area contributed by atoms with Crippen LogP contribution in [-0.2, 0) is 12.8 Å². The van der Waals surface area contributed by atoms with Crippen LogP contribution in [0.25, 0.3) is 0 Å². The molecule has 0 bridgehead atoms. The van der Waals surface area contributed by atoms with Crippen molar-refractivity contribution < 1.29 is 9.53 Å². The molecule has 146 valence electrons. The third kappa shape index (κ3) is 5.45. The molecule has 0 atom stereocenters. The summed E-state index contributed by atoms with van der Waals surface area (Å²) in [7, 11) is 0. The molecule has 0 fully saturated rings. The SMILES string of the molecule is CC(C)N(CCOc1cc2c(cc1C(=O)NCCN)CCCC2)C(C)C. The van der Waals surface area contributed by atoms with Crippen molar-refractivity contribution in [3.63, 3.8) is 0 Å². The predicted octanol–water partition coefficient (Wildman–Crippen LogP) is 2.75. The minimum atomic E-state index is -0.0941. The molecular weight excluding hydrogens is 326 g/mol. The van der Waals surface area contributed by atoms with Crippen LogP contribution in [0.1, 0.15) is 62.0 Å². The van der Waals surface area contributed by atoms with E-state index in [-0.39, 0.29) is 5.91 Å². The topological polar surface area (TPSA) is 67.6 Å². The lowest BCUT2D eigenvalue weighted by molar-refractivity contribution is 0.0947. The molecule has 1 aromatic rings. The Hall–Kier alpha value is -1.59. The van der Waals surface area contributed by atoms with Crippen LogP contribution in [0.15, 0.2) is 12.1 Å². The van der Waals surface area contributed by atoms with E-state index in [0.29, 0.717) is 43.1 Å². The molecule has 5 nitrogen and oxygen atoms in total. The molecule has 2 rings (SSSR count). The number of hydrogen-bond acceptors (Lipinski definition) is 4. The Kier molecular flexibility index (Phi) is 7.91. The quantitative estimate of drug-likeness (QED) is 0.710. The number of carbonyl (C=O) groups excluding carboxylic acids is 1. The molecule has 26 heavy (non-hydrogen) atoms. The lowest BCUT2D eigenvalue weighted by Crippen LogP contribution is -2.39. The molecule has 1 aromatic carbocycles. The maximum absolute atomic E-state index is 12.6. The zero-order valence-corrected chi connectivity index (χ0v) is 16.8. The number of ether oxygens (including phenoxy) is 1. The van der Waals surface area contributed by atoms with E-state index in [4.69, 9.17) is 10.5 Å². The zero-order chi connectivity index (χ0) is 19.1. The minimum absolute atomic E-state index is 0.0941. The summed E-state index contributed by atoms with van der Waals surface area (Å²) in [5.41, 5.74) is 8.77. The number of aryl methyl sites for hydroxylation is 2. The van der Waals surface area contributed by atoms with E-state index in [2.05, 4.69) is 44.0 Å². The second kappa shape index (κ2) is 9.93. The van der Waals surface area contributed by atoms with Crippen molar-refractivity contribution in [1.82, 2.24) is 10.2 Å². The van der Waals surface area contributed by atoms with Gasteiger partial charge in [0.1, 0.15) is 12.4 Å². The van der Waals surface area contributed by atoms with Gasteiger partial charge in [0.2, 0.25) is 0 Å². The van der Waals surface area contributed by atoms with Gasteiger partial charge in [-0.3, -0.25) is 9.69 Å². The van der Waals surface area contributed by atoms with Crippen LogP contribution < -0.4 is 15.8 Å². The molecule has 0 spiro atoms. The number of benzene rings is 1. The predicted molar refractivity (Wildman–Crippen MR) is 107 cm³/mol. The van der Waals surface area contributed by atoms with Crippen molar-refractivity contribution in [2.45, 2.75) is 65.5 Å². The molecule has 1 amide bonds. The number of nitrogens with one attached hydrogen (secondary N) is 1. The molecule has 0 saturated heterocycles. The number of carbonyl (C=O) groups is 1. The highest BCUT2D eigenvalue weighted by Gasteiger charge is 2.19. The fraction of sp³-hybridized carbons (Fsp3) is 0.667. The summed E-state index contributed by atoms with van der Waals surface area (Å²) in [6, 6.07) is 5.04. The van der Waals surface area contributed by atoms with Gasteiger partial charge >= 0.3 is 0 Å². The van der Waals surface area contributed by atoms with Crippen LogP contribution in [0.3, 0.4) is 0 Å². The molecule has 5 heteroatoms. The minimum Gasteiger partial charge on any atom is -0.491 e. The molecular formula is C21H35N3O2. The van der Waals surface area contributed by atoms with Crippen LogP contribution in [0.4, 0.5) is 0 Å². The summed E-state index contributed by atoms with van der Waals surface area (Å²) in [4.78, 5) is 15.0. The summed E-state index contributed by atoms with van der Waals surface area (Å²) in [5.74, 6) is 0.607.